The van der Waals surface area contributed by atoms with Gasteiger partial charge in [0.1, 0.15) is 0 Å². The van der Waals surface area contributed by atoms with Crippen LogP contribution in [0.25, 0.3) is 16.8 Å². The van der Waals surface area contributed by atoms with Gasteiger partial charge in [-0.15, -0.1) is 0 Å². The Kier molecular flexibility index (Phi) is 6.26. The Balaban J connectivity index is 1.52. The Morgan fingerprint density at radius 2 is 1.77 bits per heavy atom. The zero-order valence-corrected chi connectivity index (χ0v) is 21.0. The Morgan fingerprint density at radius 3 is 2.43 bits per heavy atom. The minimum absolute atomic E-state index is 0.189. The average molecular weight is 530 g/mol. The van der Waals surface area contributed by atoms with Crippen LogP contribution in [-0.4, -0.2) is 21.7 Å². The number of nitrogens with one attached hydrogen (secondary N) is 1. The van der Waals surface area contributed by atoms with Crippen LogP contribution in [0.4, 0.5) is 5.69 Å². The second-order valence-electron chi connectivity index (χ2n) is 8.73. The van der Waals surface area contributed by atoms with Crippen molar-refractivity contribution < 1.29 is 14.3 Å². The third-order valence-corrected chi connectivity index (χ3v) is 6.33. The van der Waals surface area contributed by atoms with Crippen LogP contribution < -0.4 is 10.1 Å². The first-order valence-corrected chi connectivity index (χ1v) is 12.2. The molecule has 1 aliphatic carbocycles. The number of carbonyl (C=O) groups is 2. The van der Waals surface area contributed by atoms with Gasteiger partial charge in [-0.1, -0.05) is 46.3 Å². The van der Waals surface area contributed by atoms with Gasteiger partial charge in [0.2, 0.25) is 5.88 Å². The van der Waals surface area contributed by atoms with Crippen LogP contribution >= 0.6 is 15.9 Å². The van der Waals surface area contributed by atoms with Gasteiger partial charge in [-0.3, -0.25) is 9.59 Å². The lowest BCUT2D eigenvalue weighted by atomic mass is 10.0. The summed E-state index contributed by atoms with van der Waals surface area (Å²) < 4.78 is 8.30. The fourth-order valence-corrected chi connectivity index (χ4v) is 4.45. The molecule has 6 nitrogen and oxygen atoms in total. The molecule has 1 heterocycles. The molecule has 0 radical (unpaired) electrons. The second kappa shape index (κ2) is 9.50. The number of esters is 1. The first-order valence-electron chi connectivity index (χ1n) is 11.4. The van der Waals surface area contributed by atoms with Crippen molar-refractivity contribution in [3.05, 3.63) is 94.1 Å². The van der Waals surface area contributed by atoms with Crippen molar-refractivity contribution in [2.24, 2.45) is 0 Å². The molecule has 1 aliphatic rings. The van der Waals surface area contributed by atoms with Gasteiger partial charge in [0, 0.05) is 28.6 Å². The molecule has 7 heteroatoms. The number of benzene rings is 3. The first-order chi connectivity index (χ1) is 16.9. The maximum absolute atomic E-state index is 12.6. The van der Waals surface area contributed by atoms with Gasteiger partial charge >= 0.3 is 5.97 Å². The molecule has 1 saturated carbocycles. The van der Waals surface area contributed by atoms with E-state index in [1.165, 1.54) is 6.92 Å². The van der Waals surface area contributed by atoms with Gasteiger partial charge in [-0.2, -0.15) is 9.78 Å². The maximum Gasteiger partial charge on any atom is 0.309 e. The third-order valence-electron chi connectivity index (χ3n) is 5.84. The number of aromatic nitrogens is 2. The van der Waals surface area contributed by atoms with Crippen molar-refractivity contribution in [2.75, 3.05) is 5.32 Å². The number of amides is 1. The molecule has 1 fully saturated rings. The summed E-state index contributed by atoms with van der Waals surface area (Å²) in [4.78, 5) is 24.7. The molecule has 4 aromatic rings. The Bertz CT molecular complexity index is 1420. The summed E-state index contributed by atoms with van der Waals surface area (Å²) in [7, 11) is 0. The lowest BCUT2D eigenvalue weighted by molar-refractivity contribution is -0.132. The Labute approximate surface area is 212 Å². The quantitative estimate of drug-likeness (QED) is 0.283. The highest BCUT2D eigenvalue weighted by Crippen LogP contribution is 2.48. The highest BCUT2D eigenvalue weighted by molar-refractivity contribution is 9.10. The molecule has 0 saturated heterocycles. The molecule has 1 amide bonds. The SMILES string of the molecule is CC(=O)Oc1c(-c2ccc(NC(=O)c3cccc(Br)c3)cc2)c(C2CC2)nn1-c1cccc(C)c1. The van der Waals surface area contributed by atoms with Gasteiger partial charge in [0.05, 0.1) is 16.9 Å². The zero-order valence-electron chi connectivity index (χ0n) is 19.4. The van der Waals surface area contributed by atoms with E-state index >= 15 is 0 Å². The van der Waals surface area contributed by atoms with Crippen molar-refractivity contribution >= 4 is 33.5 Å². The van der Waals surface area contributed by atoms with Crippen LogP contribution in [0.2, 0.25) is 0 Å². The summed E-state index contributed by atoms with van der Waals surface area (Å²) in [5.74, 6) is 0.156. The van der Waals surface area contributed by atoms with Crippen LogP contribution in [0.5, 0.6) is 5.88 Å². The van der Waals surface area contributed by atoms with E-state index in [9.17, 15) is 9.59 Å². The average Bonchev–Trinajstić information content (AvgIpc) is 3.61. The van der Waals surface area contributed by atoms with E-state index < -0.39 is 5.97 Å². The van der Waals surface area contributed by atoms with E-state index in [0.717, 1.165) is 45.4 Å². The predicted molar refractivity (Wildman–Crippen MR) is 139 cm³/mol. The molecule has 0 unspecified atom stereocenters. The number of carbonyl (C=O) groups excluding carboxylic acids is 2. The summed E-state index contributed by atoms with van der Waals surface area (Å²) in [6.45, 7) is 3.41. The molecule has 0 aliphatic heterocycles. The van der Waals surface area contributed by atoms with Crippen molar-refractivity contribution in [3.8, 4) is 22.7 Å². The van der Waals surface area contributed by atoms with Crippen molar-refractivity contribution in [1.82, 2.24) is 9.78 Å². The van der Waals surface area contributed by atoms with Gasteiger partial charge in [-0.25, -0.2) is 0 Å². The second-order valence-corrected chi connectivity index (χ2v) is 9.64. The van der Waals surface area contributed by atoms with E-state index in [1.807, 2.05) is 67.6 Å². The molecule has 0 bridgehead atoms. The number of ether oxygens (including phenoxy) is 1. The summed E-state index contributed by atoms with van der Waals surface area (Å²) >= 11 is 3.40. The monoisotopic (exact) mass is 529 g/mol. The van der Waals surface area contributed by atoms with Crippen LogP contribution in [-0.2, 0) is 4.79 Å². The van der Waals surface area contributed by atoms with E-state index in [-0.39, 0.29) is 5.91 Å². The number of aryl methyl sites for hydroxylation is 1. The Hall–Kier alpha value is -3.71. The van der Waals surface area contributed by atoms with E-state index in [4.69, 9.17) is 9.84 Å². The predicted octanol–water partition coefficient (Wildman–Crippen LogP) is 6.67. The van der Waals surface area contributed by atoms with Crippen LogP contribution in [0, 0.1) is 6.92 Å². The van der Waals surface area contributed by atoms with Crippen molar-refractivity contribution in [2.45, 2.75) is 32.6 Å². The van der Waals surface area contributed by atoms with E-state index in [2.05, 4.69) is 21.2 Å². The number of hydrogen-bond acceptors (Lipinski definition) is 4. The third kappa shape index (κ3) is 5.05. The van der Waals surface area contributed by atoms with E-state index in [1.54, 1.807) is 16.8 Å². The van der Waals surface area contributed by atoms with Crippen molar-refractivity contribution in [1.29, 1.82) is 0 Å². The first kappa shape index (κ1) is 23.1. The molecular formula is C28H24BrN3O3. The smallest absolute Gasteiger partial charge is 0.309 e. The fourth-order valence-electron chi connectivity index (χ4n) is 4.05. The Morgan fingerprint density at radius 1 is 1.03 bits per heavy atom. The number of rotatable bonds is 6. The van der Waals surface area contributed by atoms with Gasteiger partial charge < -0.3 is 10.1 Å². The lowest BCUT2D eigenvalue weighted by Crippen LogP contribution is -2.11. The molecule has 35 heavy (non-hydrogen) atoms. The van der Waals surface area contributed by atoms with Crippen LogP contribution in [0.15, 0.2) is 77.3 Å². The highest BCUT2D eigenvalue weighted by atomic mass is 79.9. The molecule has 1 N–H and O–H groups in total. The molecule has 0 atom stereocenters. The number of nitrogens with zero attached hydrogens (tertiary/aromatic N) is 2. The molecular weight excluding hydrogens is 506 g/mol. The molecule has 1 aromatic heterocycles. The van der Waals surface area contributed by atoms with Crippen LogP contribution in [0.1, 0.15) is 47.3 Å². The lowest BCUT2D eigenvalue weighted by Gasteiger charge is -2.11. The van der Waals surface area contributed by atoms with Crippen molar-refractivity contribution in [3.63, 3.8) is 0 Å². The molecule has 3 aromatic carbocycles. The molecule has 5 rings (SSSR count). The zero-order chi connectivity index (χ0) is 24.5. The standard InChI is InChI=1S/C28H24BrN3O3/c1-17-5-3-8-24(15-17)32-28(35-18(2)33)25(26(31-32)20-9-10-20)19-11-13-23(14-12-19)30-27(34)21-6-4-7-22(29)16-21/h3-8,11-16,20H,9-10H2,1-2H3,(H,30,34). The van der Waals surface area contributed by atoms with Crippen LogP contribution in [0.3, 0.4) is 0 Å². The minimum Gasteiger partial charge on any atom is -0.407 e. The maximum atomic E-state index is 12.6. The summed E-state index contributed by atoms with van der Waals surface area (Å²) in [6.07, 6.45) is 2.11. The largest absolute Gasteiger partial charge is 0.407 e. The normalized spacial score (nSPS) is 12.9. The topological polar surface area (TPSA) is 73.2 Å². The number of anilines is 1. The molecule has 0 spiro atoms. The summed E-state index contributed by atoms with van der Waals surface area (Å²) in [5.41, 5.74) is 5.78. The number of hydrogen-bond donors (Lipinski definition) is 1. The molecule has 176 valence electrons. The summed E-state index contributed by atoms with van der Waals surface area (Å²) in [6, 6.07) is 22.7. The van der Waals surface area contributed by atoms with Gasteiger partial charge in [0.25, 0.3) is 5.91 Å². The highest BCUT2D eigenvalue weighted by Gasteiger charge is 2.34. The summed E-state index contributed by atoms with van der Waals surface area (Å²) in [5, 5.41) is 7.83. The number of halogens is 1. The van der Waals surface area contributed by atoms with Gasteiger partial charge in [-0.05, 0) is 73.4 Å². The van der Waals surface area contributed by atoms with E-state index in [0.29, 0.717) is 23.0 Å². The minimum atomic E-state index is -0.402. The fraction of sp³-hybridized carbons (Fsp3) is 0.179. The van der Waals surface area contributed by atoms with Gasteiger partial charge in [0.15, 0.2) is 0 Å².